The third-order valence-corrected chi connectivity index (χ3v) is 3.12. The monoisotopic (exact) mass is 292 g/mol. The van der Waals surface area contributed by atoms with Crippen LogP contribution < -0.4 is 10.2 Å². The van der Waals surface area contributed by atoms with Gasteiger partial charge in [0, 0.05) is 31.6 Å². The highest BCUT2D eigenvalue weighted by Crippen LogP contribution is 2.20. The molecule has 0 amide bonds. The minimum absolute atomic E-state index is 0.0941. The van der Waals surface area contributed by atoms with E-state index >= 15 is 0 Å². The number of hydrogen-bond acceptors (Lipinski definition) is 5. The van der Waals surface area contributed by atoms with E-state index in [2.05, 4.69) is 49.5 Å². The number of hydrogen-bond donors (Lipinski definition) is 2. The van der Waals surface area contributed by atoms with Crippen LogP contribution >= 0.6 is 0 Å². The summed E-state index contributed by atoms with van der Waals surface area (Å²) in [6.07, 6.45) is 3.69. The first kappa shape index (κ1) is 17.6. The van der Waals surface area contributed by atoms with E-state index in [1.807, 2.05) is 12.3 Å². The second-order valence-corrected chi connectivity index (χ2v) is 5.71. The van der Waals surface area contributed by atoms with Gasteiger partial charge in [-0.2, -0.15) is 0 Å². The van der Waals surface area contributed by atoms with Crippen LogP contribution in [-0.4, -0.2) is 40.8 Å². The van der Waals surface area contributed by atoms with Gasteiger partial charge in [0.05, 0.1) is 24.2 Å². The predicted molar refractivity (Wildman–Crippen MR) is 87.6 cm³/mol. The quantitative estimate of drug-likeness (QED) is 0.682. The van der Waals surface area contributed by atoms with Crippen LogP contribution in [-0.2, 0) is 6.54 Å². The van der Waals surface area contributed by atoms with Crippen LogP contribution in [0.1, 0.15) is 45.1 Å². The maximum absolute atomic E-state index is 9.24. The zero-order valence-corrected chi connectivity index (χ0v) is 13.6. The SMILES string of the molecule is C=CCN(CCO)c1cnc(C(C)C)nc1CNC(C)C. The molecule has 0 saturated heterocycles. The van der Waals surface area contributed by atoms with E-state index in [0.29, 0.717) is 31.6 Å². The lowest BCUT2D eigenvalue weighted by Gasteiger charge is -2.25. The van der Waals surface area contributed by atoms with Crippen molar-refractivity contribution >= 4 is 5.69 Å². The molecular formula is C16H28N4O. The van der Waals surface area contributed by atoms with Crippen molar-refractivity contribution in [2.75, 3.05) is 24.6 Å². The minimum atomic E-state index is 0.0941. The maximum Gasteiger partial charge on any atom is 0.131 e. The molecular weight excluding hydrogens is 264 g/mol. The van der Waals surface area contributed by atoms with Crippen molar-refractivity contribution in [2.24, 2.45) is 0 Å². The molecule has 0 bridgehead atoms. The Kier molecular flexibility index (Phi) is 7.32. The van der Waals surface area contributed by atoms with Crippen LogP contribution in [0.2, 0.25) is 0 Å². The molecule has 1 aromatic heterocycles. The number of nitrogens with zero attached hydrogens (tertiary/aromatic N) is 3. The van der Waals surface area contributed by atoms with Crippen molar-refractivity contribution in [1.82, 2.24) is 15.3 Å². The van der Waals surface area contributed by atoms with Crippen molar-refractivity contribution in [3.05, 3.63) is 30.4 Å². The fourth-order valence-electron chi connectivity index (χ4n) is 1.99. The molecule has 21 heavy (non-hydrogen) atoms. The van der Waals surface area contributed by atoms with Crippen molar-refractivity contribution in [3.63, 3.8) is 0 Å². The van der Waals surface area contributed by atoms with Gasteiger partial charge in [-0.15, -0.1) is 6.58 Å². The van der Waals surface area contributed by atoms with E-state index in [1.165, 1.54) is 0 Å². The molecule has 0 aliphatic carbocycles. The minimum Gasteiger partial charge on any atom is -0.395 e. The highest BCUT2D eigenvalue weighted by Gasteiger charge is 2.14. The molecule has 0 aromatic carbocycles. The molecule has 0 aliphatic rings. The lowest BCUT2D eigenvalue weighted by Crippen LogP contribution is -2.30. The van der Waals surface area contributed by atoms with Gasteiger partial charge >= 0.3 is 0 Å². The third-order valence-electron chi connectivity index (χ3n) is 3.12. The fourth-order valence-corrected chi connectivity index (χ4v) is 1.99. The van der Waals surface area contributed by atoms with Gasteiger partial charge in [-0.3, -0.25) is 0 Å². The largest absolute Gasteiger partial charge is 0.395 e. The van der Waals surface area contributed by atoms with Crippen LogP contribution in [0.25, 0.3) is 0 Å². The molecule has 0 unspecified atom stereocenters. The van der Waals surface area contributed by atoms with Gasteiger partial charge in [-0.1, -0.05) is 33.8 Å². The summed E-state index contributed by atoms with van der Waals surface area (Å²) in [4.78, 5) is 11.2. The Morgan fingerprint density at radius 3 is 2.62 bits per heavy atom. The van der Waals surface area contributed by atoms with Crippen LogP contribution in [0, 0.1) is 0 Å². The first-order valence-electron chi connectivity index (χ1n) is 7.55. The van der Waals surface area contributed by atoms with Crippen LogP contribution in [0.15, 0.2) is 18.9 Å². The normalized spacial score (nSPS) is 11.2. The summed E-state index contributed by atoms with van der Waals surface area (Å²) >= 11 is 0. The van der Waals surface area contributed by atoms with Crippen molar-refractivity contribution in [2.45, 2.75) is 46.2 Å². The Hall–Kier alpha value is -1.46. The zero-order chi connectivity index (χ0) is 15.8. The maximum atomic E-state index is 9.24. The molecule has 1 aromatic rings. The van der Waals surface area contributed by atoms with Crippen molar-refractivity contribution < 1.29 is 5.11 Å². The molecule has 0 saturated carbocycles. The van der Waals surface area contributed by atoms with Gasteiger partial charge in [-0.05, 0) is 0 Å². The predicted octanol–water partition coefficient (Wildman–Crippen LogP) is 2.08. The van der Waals surface area contributed by atoms with Crippen LogP contribution in [0.4, 0.5) is 5.69 Å². The Labute approximate surface area is 128 Å². The second-order valence-electron chi connectivity index (χ2n) is 5.71. The Balaban J connectivity index is 3.11. The van der Waals surface area contributed by atoms with Gasteiger partial charge in [-0.25, -0.2) is 9.97 Å². The molecule has 1 rings (SSSR count). The lowest BCUT2D eigenvalue weighted by molar-refractivity contribution is 0.303. The van der Waals surface area contributed by atoms with Gasteiger partial charge < -0.3 is 15.3 Å². The standard InChI is InChI=1S/C16H28N4O/c1-6-7-20(8-9-21)15-11-18-16(12(2)3)19-14(15)10-17-13(4)5/h6,11-13,17,21H,1,7-10H2,2-5H3. The molecule has 0 atom stereocenters. The molecule has 0 spiro atoms. The van der Waals surface area contributed by atoms with Crippen molar-refractivity contribution in [1.29, 1.82) is 0 Å². The van der Waals surface area contributed by atoms with E-state index in [9.17, 15) is 5.11 Å². The van der Waals surface area contributed by atoms with Crippen LogP contribution in [0.3, 0.4) is 0 Å². The van der Waals surface area contributed by atoms with Gasteiger partial charge in [0.1, 0.15) is 5.82 Å². The van der Waals surface area contributed by atoms with Gasteiger partial charge in [0.2, 0.25) is 0 Å². The summed E-state index contributed by atoms with van der Waals surface area (Å²) in [5.74, 6) is 1.14. The van der Waals surface area contributed by atoms with Crippen molar-refractivity contribution in [3.8, 4) is 0 Å². The highest BCUT2D eigenvalue weighted by atomic mass is 16.3. The Morgan fingerprint density at radius 2 is 2.10 bits per heavy atom. The number of aliphatic hydroxyl groups excluding tert-OH is 1. The summed E-state index contributed by atoms with van der Waals surface area (Å²) in [7, 11) is 0. The number of aliphatic hydroxyl groups is 1. The summed E-state index contributed by atoms with van der Waals surface area (Å²) in [6, 6.07) is 0.390. The molecule has 0 radical (unpaired) electrons. The van der Waals surface area contributed by atoms with E-state index in [-0.39, 0.29) is 6.61 Å². The van der Waals surface area contributed by atoms with E-state index in [0.717, 1.165) is 17.2 Å². The molecule has 0 aliphatic heterocycles. The molecule has 5 heteroatoms. The molecule has 2 N–H and O–H groups in total. The average Bonchev–Trinajstić information content (AvgIpc) is 2.44. The summed E-state index contributed by atoms with van der Waals surface area (Å²) in [5.41, 5.74) is 1.93. The van der Waals surface area contributed by atoms with E-state index in [1.54, 1.807) is 0 Å². The Morgan fingerprint density at radius 1 is 1.38 bits per heavy atom. The summed E-state index contributed by atoms with van der Waals surface area (Å²) in [6.45, 7) is 14.2. The number of anilines is 1. The number of aromatic nitrogens is 2. The highest BCUT2D eigenvalue weighted by molar-refractivity contribution is 5.49. The molecule has 118 valence electrons. The first-order chi connectivity index (χ1) is 9.99. The third kappa shape index (κ3) is 5.44. The summed E-state index contributed by atoms with van der Waals surface area (Å²) < 4.78 is 0. The van der Waals surface area contributed by atoms with E-state index < -0.39 is 0 Å². The fraction of sp³-hybridized carbons (Fsp3) is 0.625. The topological polar surface area (TPSA) is 61.3 Å². The van der Waals surface area contributed by atoms with Gasteiger partial charge in [0.25, 0.3) is 0 Å². The number of nitrogens with one attached hydrogen (secondary N) is 1. The molecule has 1 heterocycles. The van der Waals surface area contributed by atoms with Crippen LogP contribution in [0.5, 0.6) is 0 Å². The Bertz CT molecular complexity index is 446. The summed E-state index contributed by atoms with van der Waals surface area (Å²) in [5, 5.41) is 12.6. The molecule has 0 fully saturated rings. The lowest BCUT2D eigenvalue weighted by atomic mass is 10.2. The smallest absolute Gasteiger partial charge is 0.131 e. The second kappa shape index (κ2) is 8.74. The van der Waals surface area contributed by atoms with Gasteiger partial charge in [0.15, 0.2) is 0 Å². The number of rotatable bonds is 9. The first-order valence-corrected chi connectivity index (χ1v) is 7.55. The van der Waals surface area contributed by atoms with E-state index in [4.69, 9.17) is 4.98 Å². The molecule has 5 nitrogen and oxygen atoms in total. The zero-order valence-electron chi connectivity index (χ0n) is 13.6. The average molecular weight is 292 g/mol.